The predicted octanol–water partition coefficient (Wildman–Crippen LogP) is 3.21. The van der Waals surface area contributed by atoms with Crippen molar-refractivity contribution >= 4 is 23.0 Å². The first-order valence-electron chi connectivity index (χ1n) is 6.68. The molecule has 0 atom stereocenters. The van der Waals surface area contributed by atoms with E-state index in [0.29, 0.717) is 0 Å². The topological polar surface area (TPSA) is 54.2 Å². The van der Waals surface area contributed by atoms with Crippen molar-refractivity contribution in [2.24, 2.45) is 0 Å². The first-order valence-corrected chi connectivity index (χ1v) is 6.68. The molecule has 0 fully saturated rings. The summed E-state index contributed by atoms with van der Waals surface area (Å²) in [5.41, 5.74) is 3.03. The molecule has 2 heterocycles. The summed E-state index contributed by atoms with van der Waals surface area (Å²) in [6.07, 6.45) is 5.63. The molecule has 5 heteroatoms. The van der Waals surface area contributed by atoms with Crippen LogP contribution in [0.2, 0.25) is 0 Å². The number of rotatable bonds is 4. The van der Waals surface area contributed by atoms with E-state index < -0.39 is 0 Å². The average molecular weight is 267 g/mol. The van der Waals surface area contributed by atoms with Crippen molar-refractivity contribution < 1.29 is 0 Å². The van der Waals surface area contributed by atoms with Gasteiger partial charge in [0.25, 0.3) is 0 Å². The molecule has 102 valence electrons. The Morgan fingerprint density at radius 2 is 2.10 bits per heavy atom. The van der Waals surface area contributed by atoms with E-state index >= 15 is 0 Å². The van der Waals surface area contributed by atoms with Gasteiger partial charge in [-0.3, -0.25) is 0 Å². The smallest absolute Gasteiger partial charge is 0.180 e. The molecule has 0 aliphatic rings. The fraction of sp³-hybridized carbons (Fsp3) is 0.200. The Kier molecular flexibility index (Phi) is 3.25. The normalized spacial score (nSPS) is 10.7. The highest BCUT2D eigenvalue weighted by atomic mass is 15.1. The van der Waals surface area contributed by atoms with Gasteiger partial charge in [0, 0.05) is 24.6 Å². The average Bonchev–Trinajstić information content (AvgIpc) is 2.90. The van der Waals surface area contributed by atoms with Crippen LogP contribution in [0.15, 0.2) is 42.9 Å². The maximum absolute atomic E-state index is 4.59. The van der Waals surface area contributed by atoms with E-state index in [-0.39, 0.29) is 0 Å². The first-order chi connectivity index (χ1) is 9.78. The van der Waals surface area contributed by atoms with Gasteiger partial charge in [-0.2, -0.15) is 0 Å². The van der Waals surface area contributed by atoms with Gasteiger partial charge in [0.1, 0.15) is 5.82 Å². The number of fused-ring (bicyclic) bond motifs is 1. The van der Waals surface area contributed by atoms with E-state index in [2.05, 4.69) is 33.6 Å². The van der Waals surface area contributed by atoms with Gasteiger partial charge in [-0.1, -0.05) is 18.2 Å². The van der Waals surface area contributed by atoms with Gasteiger partial charge in [0.2, 0.25) is 0 Å². The first kappa shape index (κ1) is 12.5. The predicted molar refractivity (Wildman–Crippen MR) is 81.6 cm³/mol. The number of benzene rings is 1. The third-order valence-electron chi connectivity index (χ3n) is 3.13. The number of hydrogen-bond donors (Lipinski definition) is 2. The van der Waals surface area contributed by atoms with Crippen LogP contribution < -0.4 is 10.6 Å². The van der Waals surface area contributed by atoms with Crippen molar-refractivity contribution in [3.63, 3.8) is 0 Å². The summed E-state index contributed by atoms with van der Waals surface area (Å²) in [6, 6.07) is 8.13. The van der Waals surface area contributed by atoms with Crippen molar-refractivity contribution in [1.82, 2.24) is 14.4 Å². The summed E-state index contributed by atoms with van der Waals surface area (Å²) in [5.74, 6) is 1.58. The van der Waals surface area contributed by atoms with Crippen molar-refractivity contribution in [3.05, 3.63) is 48.4 Å². The van der Waals surface area contributed by atoms with Crippen LogP contribution in [0.3, 0.4) is 0 Å². The SMILES string of the molecule is CCNc1cn2ccnc2c(Nc2ccccc2C)n1. The Balaban J connectivity index is 2.05. The van der Waals surface area contributed by atoms with Gasteiger partial charge in [-0.15, -0.1) is 0 Å². The molecule has 1 aromatic carbocycles. The fourth-order valence-electron chi connectivity index (χ4n) is 2.12. The van der Waals surface area contributed by atoms with Gasteiger partial charge < -0.3 is 15.0 Å². The van der Waals surface area contributed by atoms with E-state index in [1.807, 2.05) is 41.9 Å². The highest BCUT2D eigenvalue weighted by molar-refractivity contribution is 5.72. The van der Waals surface area contributed by atoms with Gasteiger partial charge in [-0.05, 0) is 25.5 Å². The van der Waals surface area contributed by atoms with Gasteiger partial charge in [0.15, 0.2) is 11.5 Å². The fourth-order valence-corrected chi connectivity index (χ4v) is 2.12. The van der Waals surface area contributed by atoms with Crippen LogP contribution in [0, 0.1) is 6.92 Å². The molecule has 0 aliphatic heterocycles. The minimum atomic E-state index is 0.753. The Labute approximate surface area is 117 Å². The maximum atomic E-state index is 4.59. The second-order valence-electron chi connectivity index (χ2n) is 4.60. The zero-order valence-electron chi connectivity index (χ0n) is 11.6. The summed E-state index contributed by atoms with van der Waals surface area (Å²) in [6.45, 7) is 4.95. The summed E-state index contributed by atoms with van der Waals surface area (Å²) < 4.78 is 1.96. The Morgan fingerprint density at radius 1 is 1.25 bits per heavy atom. The van der Waals surface area contributed by atoms with Crippen molar-refractivity contribution in [2.75, 3.05) is 17.2 Å². The van der Waals surface area contributed by atoms with Gasteiger partial charge >= 0.3 is 0 Å². The minimum absolute atomic E-state index is 0.753. The van der Waals surface area contributed by atoms with Crippen molar-refractivity contribution in [1.29, 1.82) is 0 Å². The van der Waals surface area contributed by atoms with E-state index in [1.165, 1.54) is 5.56 Å². The van der Waals surface area contributed by atoms with Crippen LogP contribution in [0.25, 0.3) is 5.65 Å². The molecule has 20 heavy (non-hydrogen) atoms. The van der Waals surface area contributed by atoms with Crippen LogP contribution in [-0.4, -0.2) is 20.9 Å². The zero-order chi connectivity index (χ0) is 13.9. The number of hydrogen-bond acceptors (Lipinski definition) is 4. The number of para-hydroxylation sites is 1. The lowest BCUT2D eigenvalue weighted by Crippen LogP contribution is -2.05. The lowest BCUT2D eigenvalue weighted by atomic mass is 10.2. The largest absolute Gasteiger partial charge is 0.369 e. The summed E-state index contributed by atoms with van der Waals surface area (Å²) >= 11 is 0. The Hall–Kier alpha value is -2.56. The number of imidazole rings is 1. The third kappa shape index (κ3) is 2.30. The van der Waals surface area contributed by atoms with E-state index in [9.17, 15) is 0 Å². The van der Waals surface area contributed by atoms with Crippen molar-refractivity contribution in [3.8, 4) is 0 Å². The van der Waals surface area contributed by atoms with Crippen LogP contribution in [0.4, 0.5) is 17.3 Å². The molecule has 3 aromatic rings. The summed E-state index contributed by atoms with van der Waals surface area (Å²) in [4.78, 5) is 8.95. The van der Waals surface area contributed by atoms with Crippen molar-refractivity contribution in [2.45, 2.75) is 13.8 Å². The molecular formula is C15H17N5. The lowest BCUT2D eigenvalue weighted by Gasteiger charge is -2.11. The van der Waals surface area contributed by atoms with Gasteiger partial charge in [0.05, 0.1) is 6.20 Å². The molecule has 5 nitrogen and oxygen atoms in total. The summed E-state index contributed by atoms with van der Waals surface area (Å²) in [7, 11) is 0. The van der Waals surface area contributed by atoms with Crippen LogP contribution >= 0.6 is 0 Å². The molecular weight excluding hydrogens is 250 g/mol. The Morgan fingerprint density at radius 3 is 2.90 bits per heavy atom. The molecule has 0 saturated carbocycles. The minimum Gasteiger partial charge on any atom is -0.369 e. The molecule has 3 rings (SSSR count). The molecule has 2 N–H and O–H groups in total. The lowest BCUT2D eigenvalue weighted by molar-refractivity contribution is 1.09. The number of aromatic nitrogens is 3. The highest BCUT2D eigenvalue weighted by Crippen LogP contribution is 2.23. The number of nitrogens with zero attached hydrogens (tertiary/aromatic N) is 3. The monoisotopic (exact) mass is 267 g/mol. The summed E-state index contributed by atoms with van der Waals surface area (Å²) in [5, 5.41) is 6.60. The van der Waals surface area contributed by atoms with E-state index in [0.717, 1.165) is 29.5 Å². The maximum Gasteiger partial charge on any atom is 0.180 e. The second kappa shape index (κ2) is 5.21. The number of aryl methyl sites for hydroxylation is 1. The van der Waals surface area contributed by atoms with Gasteiger partial charge in [-0.25, -0.2) is 9.97 Å². The molecule has 0 saturated heterocycles. The van der Waals surface area contributed by atoms with Crippen LogP contribution in [0.1, 0.15) is 12.5 Å². The second-order valence-corrected chi connectivity index (χ2v) is 4.60. The Bertz CT molecular complexity index is 732. The zero-order valence-corrected chi connectivity index (χ0v) is 11.6. The highest BCUT2D eigenvalue weighted by Gasteiger charge is 2.08. The molecule has 0 spiro atoms. The van der Waals surface area contributed by atoms with Crippen LogP contribution in [-0.2, 0) is 0 Å². The molecule has 0 radical (unpaired) electrons. The molecule has 0 aliphatic carbocycles. The number of nitrogens with one attached hydrogen (secondary N) is 2. The molecule has 0 amide bonds. The third-order valence-corrected chi connectivity index (χ3v) is 3.13. The number of anilines is 3. The van der Waals surface area contributed by atoms with Crippen LogP contribution in [0.5, 0.6) is 0 Å². The standard InChI is InChI=1S/C15H17N5/c1-3-16-13-10-20-9-8-17-15(20)14(19-13)18-12-7-5-4-6-11(12)2/h4-10,16H,3H2,1-2H3,(H,18,19). The quantitative estimate of drug-likeness (QED) is 0.762. The molecule has 2 aromatic heterocycles. The van der Waals surface area contributed by atoms with E-state index in [1.54, 1.807) is 6.20 Å². The van der Waals surface area contributed by atoms with E-state index in [4.69, 9.17) is 0 Å². The molecule has 0 bridgehead atoms. The molecule has 0 unspecified atom stereocenters.